The lowest BCUT2D eigenvalue weighted by Crippen LogP contribution is -2.45. The Balaban J connectivity index is 2.02. The van der Waals surface area contributed by atoms with Gasteiger partial charge in [0.05, 0.1) is 11.8 Å². The zero-order valence-electron chi connectivity index (χ0n) is 8.94. The highest BCUT2D eigenvalue weighted by Crippen LogP contribution is 2.28. The average Bonchev–Trinajstić information content (AvgIpc) is 2.55. The van der Waals surface area contributed by atoms with Crippen LogP contribution in [-0.2, 0) is 14.4 Å². The molecule has 2 rings (SSSR count). The lowest BCUT2D eigenvalue weighted by molar-refractivity contribution is -0.136. The first-order valence-electron chi connectivity index (χ1n) is 5.46. The number of carbonyl (C=O) groups is 3. The Hall–Kier alpha value is -1.43. The van der Waals surface area contributed by atoms with E-state index in [1.807, 2.05) is 0 Å². The van der Waals surface area contributed by atoms with Gasteiger partial charge in [0.15, 0.2) is 0 Å². The fraction of sp³-hybridized carbons (Fsp3) is 0.700. The molecule has 2 aliphatic heterocycles. The Kier molecular flexibility index (Phi) is 2.91. The van der Waals surface area contributed by atoms with Crippen molar-refractivity contribution in [3.8, 4) is 0 Å². The number of piperidine rings is 1. The molecular weight excluding hydrogens is 210 g/mol. The second kappa shape index (κ2) is 4.21. The summed E-state index contributed by atoms with van der Waals surface area (Å²) in [6.07, 6.45) is 0.867. The number of hydrogen-bond acceptors (Lipinski definition) is 4. The molecule has 2 heterocycles. The minimum absolute atomic E-state index is 0.0342. The van der Waals surface area contributed by atoms with Crippen LogP contribution in [0.4, 0.5) is 0 Å². The maximum Gasteiger partial charge on any atom is 0.232 e. The van der Waals surface area contributed by atoms with E-state index in [0.717, 1.165) is 0 Å². The molecule has 0 aliphatic carbocycles. The van der Waals surface area contributed by atoms with Crippen LogP contribution in [0.2, 0.25) is 0 Å². The van der Waals surface area contributed by atoms with E-state index in [2.05, 4.69) is 5.32 Å². The number of imide groups is 1. The van der Waals surface area contributed by atoms with Gasteiger partial charge in [-0.1, -0.05) is 0 Å². The van der Waals surface area contributed by atoms with Crippen LogP contribution in [0, 0.1) is 11.8 Å². The topological polar surface area (TPSA) is 92.5 Å². The zero-order chi connectivity index (χ0) is 11.7. The monoisotopic (exact) mass is 225 g/mol. The Morgan fingerprint density at radius 3 is 2.75 bits per heavy atom. The summed E-state index contributed by atoms with van der Waals surface area (Å²) >= 11 is 0. The lowest BCUT2D eigenvalue weighted by atomic mass is 9.87. The molecule has 0 aromatic heterocycles. The van der Waals surface area contributed by atoms with Crippen LogP contribution in [0.1, 0.15) is 12.8 Å². The van der Waals surface area contributed by atoms with Gasteiger partial charge < -0.3 is 10.6 Å². The van der Waals surface area contributed by atoms with Crippen molar-refractivity contribution in [3.05, 3.63) is 0 Å². The van der Waals surface area contributed by atoms with Gasteiger partial charge in [-0.05, 0) is 6.42 Å². The standard InChI is InChI=1S/C10H15N3O3/c11-3-1-8(14)13-4-2-6-7(5-13)10(16)12-9(6)15/h6-7H,1-5,11H2,(H,12,15,16)/t6-,7-/m1/s1. The lowest BCUT2D eigenvalue weighted by Gasteiger charge is -2.32. The normalized spacial score (nSPS) is 28.9. The fourth-order valence-corrected chi connectivity index (χ4v) is 2.35. The van der Waals surface area contributed by atoms with Crippen LogP contribution < -0.4 is 11.1 Å². The van der Waals surface area contributed by atoms with E-state index in [9.17, 15) is 14.4 Å². The number of rotatable bonds is 2. The van der Waals surface area contributed by atoms with E-state index in [1.54, 1.807) is 4.90 Å². The number of fused-ring (bicyclic) bond motifs is 1. The molecule has 16 heavy (non-hydrogen) atoms. The van der Waals surface area contributed by atoms with Gasteiger partial charge in [-0.15, -0.1) is 0 Å². The number of likely N-dealkylation sites (tertiary alicyclic amines) is 1. The van der Waals surface area contributed by atoms with Gasteiger partial charge >= 0.3 is 0 Å². The van der Waals surface area contributed by atoms with Crippen molar-refractivity contribution in [3.63, 3.8) is 0 Å². The summed E-state index contributed by atoms with van der Waals surface area (Å²) in [7, 11) is 0. The van der Waals surface area contributed by atoms with Crippen LogP contribution in [-0.4, -0.2) is 42.3 Å². The van der Waals surface area contributed by atoms with Crippen LogP contribution >= 0.6 is 0 Å². The number of hydrogen-bond donors (Lipinski definition) is 2. The minimum atomic E-state index is -0.358. The fourth-order valence-electron chi connectivity index (χ4n) is 2.35. The predicted molar refractivity (Wildman–Crippen MR) is 55.0 cm³/mol. The Bertz CT molecular complexity index is 342. The average molecular weight is 225 g/mol. The molecule has 0 radical (unpaired) electrons. The van der Waals surface area contributed by atoms with Crippen molar-refractivity contribution in [2.24, 2.45) is 17.6 Å². The predicted octanol–water partition coefficient (Wildman–Crippen LogP) is -1.54. The molecule has 0 aromatic carbocycles. The van der Waals surface area contributed by atoms with Gasteiger partial charge in [-0.25, -0.2) is 0 Å². The van der Waals surface area contributed by atoms with Crippen LogP contribution in [0.5, 0.6) is 0 Å². The number of nitrogens with zero attached hydrogens (tertiary/aromatic N) is 1. The Morgan fingerprint density at radius 1 is 1.38 bits per heavy atom. The summed E-state index contributed by atoms with van der Waals surface area (Å²) < 4.78 is 0. The summed E-state index contributed by atoms with van der Waals surface area (Å²) in [4.78, 5) is 36.1. The van der Waals surface area contributed by atoms with Crippen molar-refractivity contribution in [2.75, 3.05) is 19.6 Å². The summed E-state index contributed by atoms with van der Waals surface area (Å²) in [6, 6.07) is 0. The third-order valence-electron chi connectivity index (χ3n) is 3.24. The van der Waals surface area contributed by atoms with E-state index < -0.39 is 0 Å². The van der Waals surface area contributed by atoms with Gasteiger partial charge in [0.2, 0.25) is 17.7 Å². The molecule has 0 saturated carbocycles. The molecule has 0 spiro atoms. The number of nitrogens with one attached hydrogen (secondary N) is 1. The molecule has 6 nitrogen and oxygen atoms in total. The molecule has 0 bridgehead atoms. The van der Waals surface area contributed by atoms with E-state index >= 15 is 0 Å². The first-order chi connectivity index (χ1) is 7.63. The molecule has 0 aromatic rings. The molecule has 2 aliphatic rings. The Morgan fingerprint density at radius 2 is 2.06 bits per heavy atom. The second-order valence-electron chi connectivity index (χ2n) is 4.23. The van der Waals surface area contributed by atoms with Gasteiger partial charge in [-0.3, -0.25) is 19.7 Å². The highest BCUT2D eigenvalue weighted by Gasteiger charge is 2.45. The molecule has 0 unspecified atom stereocenters. The van der Waals surface area contributed by atoms with E-state index in [-0.39, 0.29) is 29.6 Å². The molecule has 2 fully saturated rings. The quantitative estimate of drug-likeness (QED) is 0.557. The SMILES string of the molecule is NCCC(=O)N1CC[C@H]2C(=O)NC(=O)[C@@H]2C1. The van der Waals surface area contributed by atoms with Gasteiger partial charge in [0.1, 0.15) is 0 Å². The summed E-state index contributed by atoms with van der Waals surface area (Å²) in [5, 5.41) is 2.31. The van der Waals surface area contributed by atoms with Crippen molar-refractivity contribution in [1.82, 2.24) is 10.2 Å². The molecule has 2 atom stereocenters. The maximum atomic E-state index is 11.6. The van der Waals surface area contributed by atoms with E-state index in [0.29, 0.717) is 32.5 Å². The van der Waals surface area contributed by atoms with E-state index in [1.165, 1.54) is 0 Å². The first-order valence-corrected chi connectivity index (χ1v) is 5.46. The minimum Gasteiger partial charge on any atom is -0.342 e. The molecule has 3 amide bonds. The number of nitrogens with two attached hydrogens (primary N) is 1. The number of carbonyl (C=O) groups excluding carboxylic acids is 3. The third kappa shape index (κ3) is 1.80. The van der Waals surface area contributed by atoms with Crippen molar-refractivity contribution in [2.45, 2.75) is 12.8 Å². The summed E-state index contributed by atoms with van der Waals surface area (Å²) in [6.45, 7) is 1.20. The second-order valence-corrected chi connectivity index (χ2v) is 4.23. The van der Waals surface area contributed by atoms with Crippen LogP contribution in [0.25, 0.3) is 0 Å². The Labute approximate surface area is 93.1 Å². The van der Waals surface area contributed by atoms with Gasteiger partial charge in [0, 0.05) is 26.1 Å². The van der Waals surface area contributed by atoms with E-state index in [4.69, 9.17) is 5.73 Å². The molecule has 3 N–H and O–H groups in total. The maximum absolute atomic E-state index is 11.6. The highest BCUT2D eigenvalue weighted by atomic mass is 16.2. The van der Waals surface area contributed by atoms with Crippen molar-refractivity contribution >= 4 is 17.7 Å². The molecule has 88 valence electrons. The van der Waals surface area contributed by atoms with Gasteiger partial charge in [-0.2, -0.15) is 0 Å². The zero-order valence-corrected chi connectivity index (χ0v) is 8.94. The largest absolute Gasteiger partial charge is 0.342 e. The molecule has 2 saturated heterocycles. The number of amides is 3. The van der Waals surface area contributed by atoms with Crippen molar-refractivity contribution in [1.29, 1.82) is 0 Å². The van der Waals surface area contributed by atoms with Crippen LogP contribution in [0.3, 0.4) is 0 Å². The van der Waals surface area contributed by atoms with Crippen LogP contribution in [0.15, 0.2) is 0 Å². The van der Waals surface area contributed by atoms with Crippen molar-refractivity contribution < 1.29 is 14.4 Å². The molecule has 6 heteroatoms. The molecular formula is C10H15N3O3. The smallest absolute Gasteiger partial charge is 0.232 e. The summed E-state index contributed by atoms with van der Waals surface area (Å²) in [5.41, 5.74) is 5.31. The third-order valence-corrected chi connectivity index (χ3v) is 3.24. The summed E-state index contributed by atoms with van der Waals surface area (Å²) in [5.74, 6) is -1.08. The van der Waals surface area contributed by atoms with Gasteiger partial charge in [0.25, 0.3) is 0 Å². The highest BCUT2D eigenvalue weighted by molar-refractivity contribution is 6.05. The first kappa shape index (κ1) is 11.1.